The Kier molecular flexibility index (Phi) is 4.59. The molecule has 0 saturated heterocycles. The van der Waals surface area contributed by atoms with Crippen LogP contribution < -0.4 is 10.6 Å². The summed E-state index contributed by atoms with van der Waals surface area (Å²) >= 11 is 0. The molecular weight excluding hydrogens is 211 g/mol. The van der Waals surface area contributed by atoms with Gasteiger partial charge in [0.1, 0.15) is 0 Å². The van der Waals surface area contributed by atoms with Crippen molar-refractivity contribution in [3.05, 3.63) is 29.8 Å². The summed E-state index contributed by atoms with van der Waals surface area (Å²) < 4.78 is 0. The molecule has 0 unspecified atom stereocenters. The number of amides is 1. The zero-order valence-electron chi connectivity index (χ0n) is 6.74. The van der Waals surface area contributed by atoms with E-state index in [1.807, 2.05) is 18.2 Å². The minimum atomic E-state index is -0.000602. The summed E-state index contributed by atoms with van der Waals surface area (Å²) in [5, 5.41) is 5.75. The summed E-state index contributed by atoms with van der Waals surface area (Å²) in [5.41, 5.74) is 1.63. The first-order chi connectivity index (χ1) is 5.38. The molecule has 0 bridgehead atoms. The van der Waals surface area contributed by atoms with Crippen LogP contribution in [0.4, 0.5) is 5.69 Å². The molecule has 1 aliphatic rings. The van der Waals surface area contributed by atoms with Gasteiger partial charge in [-0.2, -0.15) is 0 Å². The second kappa shape index (κ2) is 4.94. The first-order valence-corrected chi connectivity index (χ1v) is 3.49. The van der Waals surface area contributed by atoms with Gasteiger partial charge in [0.15, 0.2) is 0 Å². The van der Waals surface area contributed by atoms with E-state index >= 15 is 0 Å². The molecule has 2 N–H and O–H groups in total. The molecule has 3 nitrogen and oxygen atoms in total. The maximum Gasteiger partial charge on any atom is 0.254 e. The third-order valence-corrected chi connectivity index (χ3v) is 1.70. The van der Waals surface area contributed by atoms with Crippen molar-refractivity contribution in [1.29, 1.82) is 0 Å². The fourth-order valence-corrected chi connectivity index (χ4v) is 1.15. The van der Waals surface area contributed by atoms with Crippen LogP contribution in [0.25, 0.3) is 0 Å². The monoisotopic (exact) mass is 220 g/mol. The van der Waals surface area contributed by atoms with Crippen LogP contribution in [0.15, 0.2) is 24.3 Å². The Hall–Kier alpha value is -0.930. The maximum absolute atomic E-state index is 11.1. The fraction of sp³-hybridized carbons (Fsp3) is 0.125. The predicted molar refractivity (Wildman–Crippen MR) is 56.9 cm³/mol. The number of hydrogen-bond acceptors (Lipinski definition) is 2. The number of halogens is 2. The van der Waals surface area contributed by atoms with Gasteiger partial charge in [-0.3, -0.25) is 4.79 Å². The van der Waals surface area contributed by atoms with Crippen LogP contribution in [0.3, 0.4) is 0 Å². The van der Waals surface area contributed by atoms with Crippen molar-refractivity contribution in [1.82, 2.24) is 5.32 Å². The molecule has 2 rings (SSSR count). The van der Waals surface area contributed by atoms with Gasteiger partial charge in [-0.25, -0.2) is 0 Å². The number of benzene rings is 1. The molecule has 0 radical (unpaired) electrons. The van der Waals surface area contributed by atoms with Crippen LogP contribution in [0.2, 0.25) is 0 Å². The van der Waals surface area contributed by atoms with Gasteiger partial charge in [0.25, 0.3) is 5.91 Å². The Labute approximate surface area is 88.7 Å². The summed E-state index contributed by atoms with van der Waals surface area (Å²) in [6, 6.07) is 7.46. The smallest absolute Gasteiger partial charge is 0.254 e. The third-order valence-electron chi connectivity index (χ3n) is 1.70. The SMILES string of the molecule is Cl.Cl.O=C1NCNc2ccccc21. The minimum Gasteiger partial charge on any atom is -0.367 e. The van der Waals surface area contributed by atoms with E-state index in [9.17, 15) is 4.79 Å². The van der Waals surface area contributed by atoms with E-state index in [2.05, 4.69) is 10.6 Å². The van der Waals surface area contributed by atoms with Gasteiger partial charge in [0.05, 0.1) is 12.2 Å². The Morgan fingerprint density at radius 3 is 2.46 bits per heavy atom. The summed E-state index contributed by atoms with van der Waals surface area (Å²) in [7, 11) is 0. The molecule has 0 fully saturated rings. The quantitative estimate of drug-likeness (QED) is 0.699. The molecule has 5 heteroatoms. The number of hydrogen-bond donors (Lipinski definition) is 2. The van der Waals surface area contributed by atoms with Crippen molar-refractivity contribution in [2.24, 2.45) is 0 Å². The lowest BCUT2D eigenvalue weighted by Crippen LogP contribution is -2.34. The number of para-hydroxylation sites is 1. The second-order valence-electron chi connectivity index (χ2n) is 2.41. The lowest BCUT2D eigenvalue weighted by Gasteiger charge is -2.17. The van der Waals surface area contributed by atoms with Gasteiger partial charge < -0.3 is 10.6 Å². The van der Waals surface area contributed by atoms with Crippen LogP contribution >= 0.6 is 24.8 Å². The highest BCUT2D eigenvalue weighted by Gasteiger charge is 2.13. The number of nitrogens with one attached hydrogen (secondary N) is 2. The highest BCUT2D eigenvalue weighted by molar-refractivity contribution is 6.01. The van der Waals surface area contributed by atoms with Crippen molar-refractivity contribution < 1.29 is 4.79 Å². The van der Waals surface area contributed by atoms with Crippen LogP contribution in [0.1, 0.15) is 10.4 Å². The van der Waals surface area contributed by atoms with Gasteiger partial charge in [-0.15, -0.1) is 24.8 Å². The standard InChI is InChI=1S/C8H8N2O.2ClH/c11-8-6-3-1-2-4-7(6)9-5-10-8;;/h1-4,9H,5H2,(H,10,11);2*1H. The molecule has 1 heterocycles. The number of fused-ring (bicyclic) bond motifs is 1. The van der Waals surface area contributed by atoms with Crippen molar-refractivity contribution in [2.75, 3.05) is 12.0 Å². The minimum absolute atomic E-state index is 0. The molecule has 1 amide bonds. The molecule has 1 aromatic carbocycles. The van der Waals surface area contributed by atoms with Crippen LogP contribution in [-0.2, 0) is 0 Å². The molecule has 1 aliphatic heterocycles. The topological polar surface area (TPSA) is 41.1 Å². The summed E-state index contributed by atoms with van der Waals surface area (Å²) in [4.78, 5) is 11.1. The molecule has 0 atom stereocenters. The lowest BCUT2D eigenvalue weighted by atomic mass is 10.1. The Bertz CT molecular complexity index is 304. The normalized spacial score (nSPS) is 12.5. The summed E-state index contributed by atoms with van der Waals surface area (Å²) in [6.45, 7) is 0.524. The molecular formula is C8H10Cl2N2O. The average Bonchev–Trinajstić information content (AvgIpc) is 2.06. The van der Waals surface area contributed by atoms with Crippen molar-refractivity contribution >= 4 is 36.4 Å². The summed E-state index contributed by atoms with van der Waals surface area (Å²) in [5.74, 6) is -0.000602. The van der Waals surface area contributed by atoms with Crippen molar-refractivity contribution in [2.45, 2.75) is 0 Å². The molecule has 13 heavy (non-hydrogen) atoms. The third kappa shape index (κ3) is 2.26. The Morgan fingerprint density at radius 1 is 1.08 bits per heavy atom. The molecule has 0 aromatic heterocycles. The number of anilines is 1. The molecule has 0 saturated carbocycles. The lowest BCUT2D eigenvalue weighted by molar-refractivity contribution is 0.0953. The molecule has 0 spiro atoms. The second-order valence-corrected chi connectivity index (χ2v) is 2.41. The number of carbonyl (C=O) groups is 1. The van der Waals surface area contributed by atoms with Gasteiger partial charge in [-0.05, 0) is 12.1 Å². The first-order valence-electron chi connectivity index (χ1n) is 3.49. The fourth-order valence-electron chi connectivity index (χ4n) is 1.15. The van der Waals surface area contributed by atoms with Crippen LogP contribution in [0.5, 0.6) is 0 Å². The van der Waals surface area contributed by atoms with Crippen molar-refractivity contribution in [3.8, 4) is 0 Å². The molecule has 1 aromatic rings. The van der Waals surface area contributed by atoms with Gasteiger partial charge in [-0.1, -0.05) is 12.1 Å². The van der Waals surface area contributed by atoms with E-state index in [0.29, 0.717) is 6.67 Å². The summed E-state index contributed by atoms with van der Waals surface area (Å²) in [6.07, 6.45) is 0. The van der Waals surface area contributed by atoms with E-state index in [-0.39, 0.29) is 30.7 Å². The first kappa shape index (κ1) is 12.1. The number of carbonyl (C=O) groups excluding carboxylic acids is 1. The Morgan fingerprint density at radius 2 is 1.77 bits per heavy atom. The largest absolute Gasteiger partial charge is 0.367 e. The van der Waals surface area contributed by atoms with Gasteiger partial charge >= 0.3 is 0 Å². The zero-order chi connectivity index (χ0) is 7.68. The van der Waals surface area contributed by atoms with E-state index in [1.165, 1.54) is 0 Å². The molecule has 0 aliphatic carbocycles. The van der Waals surface area contributed by atoms with Crippen LogP contribution in [-0.4, -0.2) is 12.6 Å². The highest BCUT2D eigenvalue weighted by Crippen LogP contribution is 2.16. The van der Waals surface area contributed by atoms with E-state index in [4.69, 9.17) is 0 Å². The van der Waals surface area contributed by atoms with E-state index in [1.54, 1.807) is 6.07 Å². The maximum atomic E-state index is 11.1. The highest BCUT2D eigenvalue weighted by atomic mass is 35.5. The predicted octanol–water partition coefficient (Wildman–Crippen LogP) is 1.64. The average molecular weight is 221 g/mol. The van der Waals surface area contributed by atoms with Gasteiger partial charge in [0.2, 0.25) is 0 Å². The Balaban J connectivity index is 0.000000720. The van der Waals surface area contributed by atoms with Gasteiger partial charge in [0, 0.05) is 5.69 Å². The van der Waals surface area contributed by atoms with E-state index < -0.39 is 0 Å². The number of rotatable bonds is 0. The van der Waals surface area contributed by atoms with E-state index in [0.717, 1.165) is 11.3 Å². The van der Waals surface area contributed by atoms with Crippen molar-refractivity contribution in [3.63, 3.8) is 0 Å². The molecule has 72 valence electrons. The van der Waals surface area contributed by atoms with Crippen LogP contribution in [0, 0.1) is 0 Å². The zero-order valence-corrected chi connectivity index (χ0v) is 8.37.